The van der Waals surface area contributed by atoms with Crippen LogP contribution in [0.15, 0.2) is 0 Å². The second-order valence-corrected chi connectivity index (χ2v) is 4.21. The third-order valence-electron chi connectivity index (χ3n) is 3.13. The third kappa shape index (κ3) is 0.644. The SMILES string of the molecule is CC1(C)C(N)C1C1CC1. The number of rotatable bonds is 1. The van der Waals surface area contributed by atoms with Crippen LogP contribution in [0.4, 0.5) is 0 Å². The van der Waals surface area contributed by atoms with Crippen LogP contribution in [0.1, 0.15) is 26.7 Å². The van der Waals surface area contributed by atoms with Gasteiger partial charge in [-0.05, 0) is 30.1 Å². The Kier molecular flexibility index (Phi) is 0.852. The topological polar surface area (TPSA) is 26.0 Å². The summed E-state index contributed by atoms with van der Waals surface area (Å²) in [5.74, 6) is 1.88. The molecular formula is C8H15N. The Labute approximate surface area is 56.6 Å². The van der Waals surface area contributed by atoms with Crippen LogP contribution in [0.3, 0.4) is 0 Å². The molecule has 0 bridgehead atoms. The molecule has 0 amide bonds. The van der Waals surface area contributed by atoms with Gasteiger partial charge in [-0.2, -0.15) is 0 Å². The minimum absolute atomic E-state index is 0.487. The summed E-state index contributed by atoms with van der Waals surface area (Å²) in [6.45, 7) is 4.58. The zero-order valence-corrected chi connectivity index (χ0v) is 6.22. The lowest BCUT2D eigenvalue weighted by Gasteiger charge is -1.97. The van der Waals surface area contributed by atoms with Gasteiger partial charge in [0.15, 0.2) is 0 Å². The van der Waals surface area contributed by atoms with Gasteiger partial charge >= 0.3 is 0 Å². The summed E-state index contributed by atoms with van der Waals surface area (Å²) in [4.78, 5) is 0. The Balaban J connectivity index is 2.03. The molecule has 2 unspecified atom stereocenters. The van der Waals surface area contributed by atoms with Crippen molar-refractivity contribution in [1.29, 1.82) is 0 Å². The second kappa shape index (κ2) is 1.34. The van der Waals surface area contributed by atoms with Gasteiger partial charge in [-0.15, -0.1) is 0 Å². The molecule has 0 spiro atoms. The molecule has 52 valence electrons. The van der Waals surface area contributed by atoms with Crippen molar-refractivity contribution in [3.63, 3.8) is 0 Å². The highest BCUT2D eigenvalue weighted by atomic mass is 14.9. The molecule has 0 aromatic rings. The van der Waals surface area contributed by atoms with E-state index in [1.54, 1.807) is 0 Å². The summed E-state index contributed by atoms with van der Waals surface area (Å²) in [5.41, 5.74) is 6.37. The molecule has 2 saturated carbocycles. The molecule has 2 aliphatic carbocycles. The van der Waals surface area contributed by atoms with Crippen LogP contribution < -0.4 is 5.73 Å². The van der Waals surface area contributed by atoms with Gasteiger partial charge in [0.2, 0.25) is 0 Å². The first-order valence-corrected chi connectivity index (χ1v) is 3.89. The van der Waals surface area contributed by atoms with Crippen molar-refractivity contribution in [2.75, 3.05) is 0 Å². The van der Waals surface area contributed by atoms with Crippen molar-refractivity contribution in [2.45, 2.75) is 32.7 Å². The van der Waals surface area contributed by atoms with E-state index < -0.39 is 0 Å². The van der Waals surface area contributed by atoms with Crippen LogP contribution in [0.25, 0.3) is 0 Å². The molecular weight excluding hydrogens is 110 g/mol. The molecule has 1 nitrogen and oxygen atoms in total. The van der Waals surface area contributed by atoms with E-state index in [0.717, 1.165) is 11.8 Å². The molecule has 0 heterocycles. The second-order valence-electron chi connectivity index (χ2n) is 4.21. The standard InChI is InChI=1S/C8H15N/c1-8(2)6(7(8)9)5-3-4-5/h5-7H,3-4,9H2,1-2H3. The van der Waals surface area contributed by atoms with Crippen molar-refractivity contribution in [1.82, 2.24) is 0 Å². The molecule has 9 heavy (non-hydrogen) atoms. The van der Waals surface area contributed by atoms with Crippen LogP contribution in [0.2, 0.25) is 0 Å². The van der Waals surface area contributed by atoms with Crippen molar-refractivity contribution >= 4 is 0 Å². The fourth-order valence-corrected chi connectivity index (χ4v) is 2.07. The predicted octanol–water partition coefficient (Wildman–Crippen LogP) is 1.38. The first kappa shape index (κ1) is 5.72. The Morgan fingerprint density at radius 1 is 1.33 bits per heavy atom. The first-order chi connectivity index (χ1) is 4.14. The van der Waals surface area contributed by atoms with Crippen molar-refractivity contribution in [3.05, 3.63) is 0 Å². The molecule has 1 heteroatoms. The molecule has 2 rings (SSSR count). The number of hydrogen-bond acceptors (Lipinski definition) is 1. The Morgan fingerprint density at radius 2 is 1.78 bits per heavy atom. The van der Waals surface area contributed by atoms with Gasteiger partial charge < -0.3 is 5.73 Å². The van der Waals surface area contributed by atoms with E-state index in [1.165, 1.54) is 12.8 Å². The molecule has 0 radical (unpaired) electrons. The van der Waals surface area contributed by atoms with E-state index in [9.17, 15) is 0 Å². The molecule has 2 fully saturated rings. The zero-order valence-electron chi connectivity index (χ0n) is 6.22. The molecule has 2 aliphatic rings. The van der Waals surface area contributed by atoms with Gasteiger partial charge in [0.05, 0.1) is 0 Å². The van der Waals surface area contributed by atoms with Crippen molar-refractivity contribution < 1.29 is 0 Å². The van der Waals surface area contributed by atoms with E-state index in [0.29, 0.717) is 11.5 Å². The Hall–Kier alpha value is -0.0400. The summed E-state index contributed by atoms with van der Waals surface area (Å²) in [7, 11) is 0. The van der Waals surface area contributed by atoms with Crippen LogP contribution in [0.5, 0.6) is 0 Å². The molecule has 0 aromatic carbocycles. The highest BCUT2D eigenvalue weighted by Gasteiger charge is 2.61. The fourth-order valence-electron chi connectivity index (χ4n) is 2.07. The van der Waals surface area contributed by atoms with Gasteiger partial charge in [-0.25, -0.2) is 0 Å². The van der Waals surface area contributed by atoms with Gasteiger partial charge in [0.25, 0.3) is 0 Å². The Morgan fingerprint density at radius 3 is 1.89 bits per heavy atom. The van der Waals surface area contributed by atoms with Gasteiger partial charge in [0.1, 0.15) is 0 Å². The number of nitrogens with two attached hydrogens (primary N) is 1. The maximum Gasteiger partial charge on any atom is 0.0130 e. The molecule has 0 saturated heterocycles. The lowest BCUT2D eigenvalue weighted by Crippen LogP contribution is -2.06. The minimum Gasteiger partial charge on any atom is -0.327 e. The maximum absolute atomic E-state index is 5.89. The summed E-state index contributed by atoms with van der Waals surface area (Å²) >= 11 is 0. The molecule has 2 N–H and O–H groups in total. The van der Waals surface area contributed by atoms with Gasteiger partial charge in [-0.3, -0.25) is 0 Å². The third-order valence-corrected chi connectivity index (χ3v) is 3.13. The van der Waals surface area contributed by atoms with Crippen LogP contribution in [-0.4, -0.2) is 6.04 Å². The summed E-state index contributed by atoms with van der Waals surface area (Å²) in [5, 5.41) is 0. The minimum atomic E-state index is 0.487. The average molecular weight is 125 g/mol. The normalized spacial score (nSPS) is 47.0. The first-order valence-electron chi connectivity index (χ1n) is 3.89. The largest absolute Gasteiger partial charge is 0.327 e. The van der Waals surface area contributed by atoms with E-state index in [-0.39, 0.29) is 0 Å². The quantitative estimate of drug-likeness (QED) is 0.563. The van der Waals surface area contributed by atoms with Crippen molar-refractivity contribution in [3.8, 4) is 0 Å². The molecule has 0 aromatic heterocycles. The van der Waals surface area contributed by atoms with Crippen LogP contribution in [0, 0.1) is 17.3 Å². The van der Waals surface area contributed by atoms with Crippen molar-refractivity contribution in [2.24, 2.45) is 23.0 Å². The monoisotopic (exact) mass is 125 g/mol. The van der Waals surface area contributed by atoms with E-state index in [4.69, 9.17) is 5.73 Å². The van der Waals surface area contributed by atoms with E-state index >= 15 is 0 Å². The predicted molar refractivity (Wildman–Crippen MR) is 38.0 cm³/mol. The fraction of sp³-hybridized carbons (Fsp3) is 1.00. The lowest BCUT2D eigenvalue weighted by atomic mass is 10.1. The van der Waals surface area contributed by atoms with Gasteiger partial charge in [-0.1, -0.05) is 13.8 Å². The van der Waals surface area contributed by atoms with Gasteiger partial charge in [0, 0.05) is 6.04 Å². The smallest absolute Gasteiger partial charge is 0.0130 e. The van der Waals surface area contributed by atoms with Crippen LogP contribution >= 0.6 is 0 Å². The summed E-state index contributed by atoms with van der Waals surface area (Å²) in [6.07, 6.45) is 2.89. The molecule has 2 atom stereocenters. The van der Waals surface area contributed by atoms with E-state index in [1.807, 2.05) is 0 Å². The summed E-state index contributed by atoms with van der Waals surface area (Å²) < 4.78 is 0. The highest BCUT2D eigenvalue weighted by Crippen LogP contribution is 2.61. The average Bonchev–Trinajstić information content (AvgIpc) is 2.54. The Bertz CT molecular complexity index is 136. The highest BCUT2D eigenvalue weighted by molar-refractivity contribution is 5.13. The summed E-state index contributed by atoms with van der Waals surface area (Å²) in [6, 6.07) is 0.519. The molecule has 0 aliphatic heterocycles. The maximum atomic E-state index is 5.89. The number of hydrogen-bond donors (Lipinski definition) is 1. The van der Waals surface area contributed by atoms with Crippen LogP contribution in [-0.2, 0) is 0 Å². The lowest BCUT2D eigenvalue weighted by molar-refractivity contribution is 0.517. The van der Waals surface area contributed by atoms with E-state index in [2.05, 4.69) is 13.8 Å². The zero-order chi connectivity index (χ0) is 6.65.